The van der Waals surface area contributed by atoms with Crippen LogP contribution in [0.4, 0.5) is 5.13 Å². The van der Waals surface area contributed by atoms with E-state index in [2.05, 4.69) is 10.2 Å². The van der Waals surface area contributed by atoms with E-state index in [1.807, 2.05) is 37.3 Å². The summed E-state index contributed by atoms with van der Waals surface area (Å²) in [4.78, 5) is 28.6. The number of hydrogen-bond acceptors (Lipinski definition) is 10. The van der Waals surface area contributed by atoms with E-state index < -0.39 is 17.7 Å². The summed E-state index contributed by atoms with van der Waals surface area (Å²) in [5.41, 5.74) is 2.96. The normalized spacial score (nSPS) is 19.1. The smallest absolute Gasteiger partial charge is 0.301 e. The van der Waals surface area contributed by atoms with Crippen molar-refractivity contribution in [3.05, 3.63) is 94.6 Å². The van der Waals surface area contributed by atoms with Crippen molar-refractivity contribution in [2.45, 2.75) is 35.6 Å². The number of thioether (sulfide) groups is 1. The molecule has 1 saturated heterocycles. The van der Waals surface area contributed by atoms with Crippen LogP contribution >= 0.6 is 23.1 Å². The highest BCUT2D eigenvalue weighted by atomic mass is 32.2. The molecule has 2 atom stereocenters. The van der Waals surface area contributed by atoms with Crippen molar-refractivity contribution in [3.63, 3.8) is 0 Å². The van der Waals surface area contributed by atoms with Crippen molar-refractivity contribution in [1.82, 2.24) is 10.2 Å². The van der Waals surface area contributed by atoms with Gasteiger partial charge in [-0.25, -0.2) is 0 Å². The number of fused-ring (bicyclic) bond motifs is 1. The molecule has 42 heavy (non-hydrogen) atoms. The minimum absolute atomic E-state index is 0.0149. The number of carbonyl (C=O) groups excluding carboxylic acids is 2. The van der Waals surface area contributed by atoms with Crippen molar-refractivity contribution in [1.29, 1.82) is 0 Å². The number of hydrogen-bond donors (Lipinski definition) is 1. The number of nitrogens with zero attached hydrogens (tertiary/aromatic N) is 3. The molecule has 11 heteroatoms. The number of rotatable bonds is 8. The maximum atomic E-state index is 13.6. The first-order valence-electron chi connectivity index (χ1n) is 13.2. The molecule has 6 rings (SSSR count). The molecule has 4 aromatic rings. The molecule has 1 fully saturated rings. The van der Waals surface area contributed by atoms with E-state index in [1.165, 1.54) is 42.2 Å². The first kappa shape index (κ1) is 27.8. The maximum Gasteiger partial charge on any atom is 0.301 e. The molecule has 2 aliphatic rings. The zero-order chi connectivity index (χ0) is 29.4. The Balaban J connectivity index is 1.43. The first-order valence-corrected chi connectivity index (χ1v) is 15.0. The van der Waals surface area contributed by atoms with Gasteiger partial charge in [0.05, 0.1) is 25.8 Å². The number of carbonyl (C=O) groups is 2. The molecule has 214 valence electrons. The number of benzene rings is 3. The lowest BCUT2D eigenvalue weighted by Crippen LogP contribution is -2.29. The van der Waals surface area contributed by atoms with Crippen molar-refractivity contribution >= 4 is 45.7 Å². The second kappa shape index (κ2) is 11.5. The zero-order valence-electron chi connectivity index (χ0n) is 23.1. The summed E-state index contributed by atoms with van der Waals surface area (Å²) in [7, 11) is 3.03. The van der Waals surface area contributed by atoms with Crippen LogP contribution in [0.5, 0.6) is 17.2 Å². The molecule has 0 spiro atoms. The van der Waals surface area contributed by atoms with Gasteiger partial charge in [0.2, 0.25) is 5.13 Å². The molecule has 0 radical (unpaired) electrons. The summed E-state index contributed by atoms with van der Waals surface area (Å²) in [6.07, 6.45) is 0.694. The number of Topliss-reactive ketones (excluding diaryl/α,β-unsaturated/α-hetero) is 1. The molecule has 0 bridgehead atoms. The van der Waals surface area contributed by atoms with E-state index in [9.17, 15) is 14.7 Å². The van der Waals surface area contributed by atoms with Crippen LogP contribution in [-0.2, 0) is 21.8 Å². The Morgan fingerprint density at radius 1 is 1.05 bits per heavy atom. The van der Waals surface area contributed by atoms with Crippen LogP contribution in [-0.4, -0.2) is 47.3 Å². The molecule has 1 N–H and O–H groups in total. The molecule has 9 nitrogen and oxygen atoms in total. The predicted molar refractivity (Wildman–Crippen MR) is 160 cm³/mol. The van der Waals surface area contributed by atoms with E-state index in [0.717, 1.165) is 16.9 Å². The Morgan fingerprint density at radius 2 is 1.83 bits per heavy atom. The SMILES string of the molecule is COc1ccc(C2/C(=C(\O)c3ccc4c(c3)CC(C)O4)C(=O)C(=O)N2c2nnc(SCc3ccccc3)s2)cc1OC. The van der Waals surface area contributed by atoms with E-state index in [-0.39, 0.29) is 22.6 Å². The molecule has 2 aliphatic heterocycles. The summed E-state index contributed by atoms with van der Waals surface area (Å²) in [5.74, 6) is 0.429. The van der Waals surface area contributed by atoms with E-state index in [4.69, 9.17) is 14.2 Å². The van der Waals surface area contributed by atoms with Gasteiger partial charge >= 0.3 is 5.91 Å². The van der Waals surface area contributed by atoms with Crippen molar-refractivity contribution < 1.29 is 28.9 Å². The van der Waals surface area contributed by atoms with E-state index in [1.54, 1.807) is 36.4 Å². The van der Waals surface area contributed by atoms with E-state index >= 15 is 0 Å². The molecule has 1 amide bonds. The van der Waals surface area contributed by atoms with Crippen molar-refractivity contribution in [3.8, 4) is 17.2 Å². The second-order valence-corrected chi connectivity index (χ2v) is 12.0. The third kappa shape index (κ3) is 5.10. The van der Waals surface area contributed by atoms with Crippen LogP contribution in [0.25, 0.3) is 5.76 Å². The number of ether oxygens (including phenoxy) is 3. The third-order valence-electron chi connectivity index (χ3n) is 7.14. The largest absolute Gasteiger partial charge is 0.507 e. The van der Waals surface area contributed by atoms with Crippen LogP contribution in [0.2, 0.25) is 0 Å². The number of aliphatic hydroxyl groups excluding tert-OH is 1. The summed E-state index contributed by atoms with van der Waals surface area (Å²) in [6.45, 7) is 1.97. The number of methoxy groups -OCH3 is 2. The van der Waals surface area contributed by atoms with Gasteiger partial charge in [0, 0.05) is 17.7 Å². The Labute approximate surface area is 250 Å². The Morgan fingerprint density at radius 3 is 2.60 bits per heavy atom. The number of aromatic nitrogens is 2. The summed E-state index contributed by atoms with van der Waals surface area (Å²) in [6, 6.07) is 19.4. The van der Waals surface area contributed by atoms with Gasteiger partial charge in [0.1, 0.15) is 17.6 Å². The van der Waals surface area contributed by atoms with Gasteiger partial charge in [0.15, 0.2) is 15.8 Å². The van der Waals surface area contributed by atoms with Gasteiger partial charge in [-0.05, 0) is 53.9 Å². The third-order valence-corrected chi connectivity index (χ3v) is 9.27. The van der Waals surface area contributed by atoms with Gasteiger partial charge in [-0.15, -0.1) is 10.2 Å². The molecular formula is C31H27N3O6S2. The van der Waals surface area contributed by atoms with Gasteiger partial charge in [0.25, 0.3) is 5.78 Å². The van der Waals surface area contributed by atoms with E-state index in [0.29, 0.717) is 39.1 Å². The summed E-state index contributed by atoms with van der Waals surface area (Å²) < 4.78 is 17.4. The summed E-state index contributed by atoms with van der Waals surface area (Å²) >= 11 is 2.71. The number of aliphatic hydroxyl groups is 1. The molecular weight excluding hydrogens is 574 g/mol. The highest BCUT2D eigenvalue weighted by Crippen LogP contribution is 2.46. The maximum absolute atomic E-state index is 13.6. The quantitative estimate of drug-likeness (QED) is 0.0881. The minimum Gasteiger partial charge on any atom is -0.507 e. The number of amides is 1. The second-order valence-electron chi connectivity index (χ2n) is 9.86. The minimum atomic E-state index is -0.979. The first-order chi connectivity index (χ1) is 20.4. The van der Waals surface area contributed by atoms with Gasteiger partial charge in [-0.1, -0.05) is 59.5 Å². The molecule has 0 aliphatic carbocycles. The van der Waals surface area contributed by atoms with Crippen molar-refractivity contribution in [2.24, 2.45) is 0 Å². The fourth-order valence-corrected chi connectivity index (χ4v) is 6.99. The van der Waals surface area contributed by atoms with Crippen LogP contribution in [0.15, 0.2) is 76.6 Å². The van der Waals surface area contributed by atoms with Gasteiger partial charge in [-0.3, -0.25) is 14.5 Å². The average molecular weight is 602 g/mol. The monoisotopic (exact) mass is 601 g/mol. The standard InChI is InChI=1S/C31H27N3O6S2/c1-17-13-21-14-20(10-11-22(21)40-17)27(35)25-26(19-9-12-23(38-2)24(15-19)39-3)34(29(37)28(25)36)30-32-33-31(42-30)41-16-18-7-5-4-6-8-18/h4-12,14-15,17,26,35H,13,16H2,1-3H3/b27-25+. The highest BCUT2D eigenvalue weighted by molar-refractivity contribution is 8.00. The molecule has 1 aromatic heterocycles. The fraction of sp³-hybridized carbons (Fsp3) is 0.226. The fourth-order valence-electron chi connectivity index (χ4n) is 5.17. The van der Waals surface area contributed by atoms with Gasteiger partial charge < -0.3 is 19.3 Å². The molecule has 0 saturated carbocycles. The predicted octanol–water partition coefficient (Wildman–Crippen LogP) is 5.80. The number of anilines is 1. The van der Waals surface area contributed by atoms with Gasteiger partial charge in [-0.2, -0.15) is 0 Å². The van der Waals surface area contributed by atoms with Crippen LogP contribution < -0.4 is 19.1 Å². The lowest BCUT2D eigenvalue weighted by atomic mass is 9.94. The lowest BCUT2D eigenvalue weighted by molar-refractivity contribution is -0.132. The number of ketones is 1. The molecule has 2 unspecified atom stereocenters. The molecule has 3 heterocycles. The Kier molecular flexibility index (Phi) is 7.61. The Bertz CT molecular complexity index is 1700. The van der Waals surface area contributed by atoms with Crippen LogP contribution in [0.3, 0.4) is 0 Å². The highest BCUT2D eigenvalue weighted by Gasteiger charge is 2.48. The van der Waals surface area contributed by atoms with Crippen LogP contribution in [0.1, 0.15) is 35.2 Å². The zero-order valence-corrected chi connectivity index (χ0v) is 24.7. The van der Waals surface area contributed by atoms with Crippen LogP contribution in [0, 0.1) is 0 Å². The summed E-state index contributed by atoms with van der Waals surface area (Å²) in [5, 5.41) is 20.4. The Hall–Kier alpha value is -4.35. The average Bonchev–Trinajstić information content (AvgIpc) is 3.70. The molecule has 3 aromatic carbocycles. The lowest BCUT2D eigenvalue weighted by Gasteiger charge is -2.23. The topological polar surface area (TPSA) is 111 Å². The van der Waals surface area contributed by atoms with Crippen molar-refractivity contribution in [2.75, 3.05) is 19.1 Å².